The standard InChI is InChI=1S/C16H28N4/c1-3-9-16(10-11-17-12-16)15-19-18-13(2)20(15)14-7-5-4-6-8-14/h14,17H,3-12H2,1-2H3. The largest absolute Gasteiger partial charge is 0.316 e. The molecule has 1 aliphatic heterocycles. The molecule has 3 rings (SSSR count). The van der Waals surface area contributed by atoms with Crippen LogP contribution >= 0.6 is 0 Å². The van der Waals surface area contributed by atoms with Crippen molar-refractivity contribution in [2.75, 3.05) is 13.1 Å². The maximum absolute atomic E-state index is 4.64. The molecule has 2 fully saturated rings. The van der Waals surface area contributed by atoms with E-state index in [1.54, 1.807) is 0 Å². The molecule has 0 aromatic carbocycles. The maximum Gasteiger partial charge on any atom is 0.140 e. The molecule has 1 unspecified atom stereocenters. The highest BCUT2D eigenvalue weighted by molar-refractivity contribution is 5.16. The molecule has 2 heterocycles. The zero-order valence-electron chi connectivity index (χ0n) is 13.0. The van der Waals surface area contributed by atoms with E-state index in [2.05, 4.69) is 33.9 Å². The topological polar surface area (TPSA) is 42.7 Å². The van der Waals surface area contributed by atoms with Crippen LogP contribution in [0.25, 0.3) is 0 Å². The highest BCUT2D eigenvalue weighted by atomic mass is 15.3. The van der Waals surface area contributed by atoms with E-state index in [1.807, 2.05) is 0 Å². The Bertz CT molecular complexity index is 439. The van der Waals surface area contributed by atoms with Gasteiger partial charge in [-0.3, -0.25) is 0 Å². The molecule has 112 valence electrons. The van der Waals surface area contributed by atoms with Crippen molar-refractivity contribution in [2.24, 2.45) is 0 Å². The lowest BCUT2D eigenvalue weighted by Gasteiger charge is -2.32. The van der Waals surface area contributed by atoms with Crippen molar-refractivity contribution in [3.8, 4) is 0 Å². The molecule has 1 N–H and O–H groups in total. The van der Waals surface area contributed by atoms with Gasteiger partial charge in [0.05, 0.1) is 0 Å². The molecule has 2 aliphatic rings. The molecule has 1 atom stereocenters. The van der Waals surface area contributed by atoms with Crippen molar-refractivity contribution in [1.82, 2.24) is 20.1 Å². The monoisotopic (exact) mass is 276 g/mol. The zero-order chi connectivity index (χ0) is 14.0. The van der Waals surface area contributed by atoms with Gasteiger partial charge in [-0.1, -0.05) is 32.6 Å². The number of rotatable bonds is 4. The first kappa shape index (κ1) is 14.1. The smallest absolute Gasteiger partial charge is 0.140 e. The highest BCUT2D eigenvalue weighted by Gasteiger charge is 2.40. The molecule has 1 saturated heterocycles. The molecule has 4 heteroatoms. The summed E-state index contributed by atoms with van der Waals surface area (Å²) >= 11 is 0. The Kier molecular flexibility index (Phi) is 4.11. The first-order valence-electron chi connectivity index (χ1n) is 8.39. The Balaban J connectivity index is 1.96. The van der Waals surface area contributed by atoms with Crippen LogP contribution < -0.4 is 5.32 Å². The number of aromatic nitrogens is 3. The Morgan fingerprint density at radius 1 is 1.25 bits per heavy atom. The van der Waals surface area contributed by atoms with Crippen LogP contribution in [0.1, 0.15) is 76.0 Å². The second-order valence-corrected chi connectivity index (χ2v) is 6.69. The summed E-state index contributed by atoms with van der Waals surface area (Å²) in [7, 11) is 0. The lowest BCUT2D eigenvalue weighted by Crippen LogP contribution is -2.34. The minimum absolute atomic E-state index is 0.230. The van der Waals surface area contributed by atoms with Gasteiger partial charge in [-0.15, -0.1) is 10.2 Å². The number of aryl methyl sites for hydroxylation is 1. The van der Waals surface area contributed by atoms with E-state index < -0.39 is 0 Å². The first-order chi connectivity index (χ1) is 9.77. The van der Waals surface area contributed by atoms with Crippen molar-refractivity contribution in [3.05, 3.63) is 11.6 Å². The lowest BCUT2D eigenvalue weighted by molar-refractivity contribution is 0.306. The molecular weight excluding hydrogens is 248 g/mol. The van der Waals surface area contributed by atoms with Crippen LogP contribution in [0.5, 0.6) is 0 Å². The summed E-state index contributed by atoms with van der Waals surface area (Å²) in [6.45, 7) is 6.61. The number of nitrogens with one attached hydrogen (secondary N) is 1. The van der Waals surface area contributed by atoms with Crippen molar-refractivity contribution >= 4 is 0 Å². The summed E-state index contributed by atoms with van der Waals surface area (Å²) in [5.74, 6) is 2.39. The molecule has 4 nitrogen and oxygen atoms in total. The van der Waals surface area contributed by atoms with Crippen molar-refractivity contribution < 1.29 is 0 Å². The molecular formula is C16H28N4. The molecule has 0 spiro atoms. The Hall–Kier alpha value is -0.900. The summed E-state index contributed by atoms with van der Waals surface area (Å²) < 4.78 is 2.50. The van der Waals surface area contributed by atoms with Crippen LogP contribution in [0, 0.1) is 6.92 Å². The van der Waals surface area contributed by atoms with Gasteiger partial charge in [0.15, 0.2) is 0 Å². The lowest BCUT2D eigenvalue weighted by atomic mass is 9.81. The van der Waals surface area contributed by atoms with Gasteiger partial charge in [-0.05, 0) is 39.2 Å². The minimum Gasteiger partial charge on any atom is -0.316 e. The molecule has 0 bridgehead atoms. The minimum atomic E-state index is 0.230. The summed E-state index contributed by atoms with van der Waals surface area (Å²) in [6.07, 6.45) is 10.4. The summed E-state index contributed by atoms with van der Waals surface area (Å²) in [4.78, 5) is 0. The number of nitrogens with zero attached hydrogens (tertiary/aromatic N) is 3. The predicted octanol–water partition coefficient (Wildman–Crippen LogP) is 3.12. The Morgan fingerprint density at radius 2 is 2.05 bits per heavy atom. The van der Waals surface area contributed by atoms with Crippen molar-refractivity contribution in [2.45, 2.75) is 76.7 Å². The molecule has 1 aromatic heterocycles. The van der Waals surface area contributed by atoms with Gasteiger partial charge in [-0.25, -0.2) is 0 Å². The SMILES string of the molecule is CCCC1(c2nnc(C)n2C2CCCCC2)CCNC1. The third-order valence-electron chi connectivity index (χ3n) is 5.25. The quantitative estimate of drug-likeness (QED) is 0.919. The van der Waals surface area contributed by atoms with E-state index in [4.69, 9.17) is 0 Å². The van der Waals surface area contributed by atoms with Crippen LogP contribution in [0.2, 0.25) is 0 Å². The van der Waals surface area contributed by atoms with Crippen LogP contribution in [0.15, 0.2) is 0 Å². The molecule has 1 aromatic rings. The average Bonchev–Trinajstić information content (AvgIpc) is 3.08. The molecule has 0 radical (unpaired) electrons. The third kappa shape index (κ3) is 2.39. The third-order valence-corrected chi connectivity index (χ3v) is 5.25. The fourth-order valence-corrected chi connectivity index (χ4v) is 4.25. The first-order valence-corrected chi connectivity index (χ1v) is 8.39. The number of hydrogen-bond acceptors (Lipinski definition) is 3. The van der Waals surface area contributed by atoms with E-state index in [0.29, 0.717) is 6.04 Å². The van der Waals surface area contributed by atoms with Gasteiger partial charge in [0.2, 0.25) is 0 Å². The van der Waals surface area contributed by atoms with Crippen LogP contribution in [-0.4, -0.2) is 27.9 Å². The highest BCUT2D eigenvalue weighted by Crippen LogP contribution is 2.38. The van der Waals surface area contributed by atoms with Crippen LogP contribution in [-0.2, 0) is 5.41 Å². The van der Waals surface area contributed by atoms with Gasteiger partial charge >= 0.3 is 0 Å². The zero-order valence-corrected chi connectivity index (χ0v) is 13.0. The van der Waals surface area contributed by atoms with E-state index in [0.717, 1.165) is 18.9 Å². The normalized spacial score (nSPS) is 28.1. The van der Waals surface area contributed by atoms with Crippen LogP contribution in [0.3, 0.4) is 0 Å². The summed E-state index contributed by atoms with van der Waals surface area (Å²) in [5, 5.41) is 12.6. The van der Waals surface area contributed by atoms with E-state index >= 15 is 0 Å². The van der Waals surface area contributed by atoms with Crippen LogP contribution in [0.4, 0.5) is 0 Å². The van der Waals surface area contributed by atoms with Gasteiger partial charge < -0.3 is 9.88 Å². The molecule has 1 saturated carbocycles. The second-order valence-electron chi connectivity index (χ2n) is 6.69. The average molecular weight is 276 g/mol. The molecule has 20 heavy (non-hydrogen) atoms. The Morgan fingerprint density at radius 3 is 2.70 bits per heavy atom. The second kappa shape index (κ2) is 5.84. The van der Waals surface area contributed by atoms with Crippen molar-refractivity contribution in [3.63, 3.8) is 0 Å². The van der Waals surface area contributed by atoms with E-state index in [9.17, 15) is 0 Å². The maximum atomic E-state index is 4.64. The van der Waals surface area contributed by atoms with Gasteiger partial charge in [0, 0.05) is 18.0 Å². The Labute approximate surface area is 122 Å². The summed E-state index contributed by atoms with van der Waals surface area (Å²) in [6, 6.07) is 0.642. The predicted molar refractivity (Wildman–Crippen MR) is 81.0 cm³/mol. The van der Waals surface area contributed by atoms with Gasteiger partial charge in [0.25, 0.3) is 0 Å². The molecule has 1 aliphatic carbocycles. The fourth-order valence-electron chi connectivity index (χ4n) is 4.25. The fraction of sp³-hybridized carbons (Fsp3) is 0.875. The van der Waals surface area contributed by atoms with E-state index in [1.165, 1.54) is 57.2 Å². The molecule has 0 amide bonds. The van der Waals surface area contributed by atoms with Crippen molar-refractivity contribution in [1.29, 1.82) is 0 Å². The van der Waals surface area contributed by atoms with Gasteiger partial charge in [-0.2, -0.15) is 0 Å². The van der Waals surface area contributed by atoms with E-state index in [-0.39, 0.29) is 5.41 Å². The van der Waals surface area contributed by atoms with Gasteiger partial charge in [0.1, 0.15) is 11.6 Å². The summed E-state index contributed by atoms with van der Waals surface area (Å²) in [5.41, 5.74) is 0.230. The number of hydrogen-bond donors (Lipinski definition) is 1.